The van der Waals surface area contributed by atoms with Crippen molar-refractivity contribution in [3.8, 4) is 0 Å². The topological polar surface area (TPSA) is 74.2 Å². The van der Waals surface area contributed by atoms with Crippen molar-refractivity contribution in [3.05, 3.63) is 35.9 Å². The predicted octanol–water partition coefficient (Wildman–Crippen LogP) is 1.57. The van der Waals surface area contributed by atoms with Crippen molar-refractivity contribution in [1.29, 1.82) is 0 Å². The second kappa shape index (κ2) is 11.4. The maximum Gasteiger partial charge on any atom is 0.216 e. The molecule has 2 rings (SSSR count). The van der Waals surface area contributed by atoms with E-state index in [-0.39, 0.29) is 18.5 Å². The highest BCUT2D eigenvalue weighted by Crippen LogP contribution is 2.09. The van der Waals surface area contributed by atoms with Crippen molar-refractivity contribution < 1.29 is 13.2 Å². The Hall–Kier alpha value is -1.64. The van der Waals surface area contributed by atoms with Crippen molar-refractivity contribution in [2.75, 3.05) is 52.1 Å². The molecule has 1 fully saturated rings. The molecule has 0 aromatic heterocycles. The summed E-state index contributed by atoms with van der Waals surface area (Å²) < 4.78 is 31.8. The van der Waals surface area contributed by atoms with Gasteiger partial charge in [0.1, 0.15) is 0 Å². The van der Waals surface area contributed by atoms with Crippen molar-refractivity contribution in [2.45, 2.75) is 32.8 Å². The van der Waals surface area contributed by atoms with Gasteiger partial charge in [0.15, 0.2) is 5.96 Å². The van der Waals surface area contributed by atoms with Crippen LogP contribution in [0, 0.1) is 0 Å². The van der Waals surface area contributed by atoms with E-state index in [4.69, 9.17) is 4.74 Å². The predicted molar refractivity (Wildman–Crippen MR) is 114 cm³/mol. The molecule has 1 aliphatic rings. The van der Waals surface area contributed by atoms with Crippen LogP contribution in [0.2, 0.25) is 0 Å². The third-order valence-corrected chi connectivity index (χ3v) is 6.54. The van der Waals surface area contributed by atoms with E-state index < -0.39 is 10.0 Å². The lowest BCUT2D eigenvalue weighted by Crippen LogP contribution is -2.54. The molecule has 0 spiro atoms. The molecule has 0 atom stereocenters. The number of guanidine groups is 1. The molecule has 1 aliphatic heterocycles. The Morgan fingerprint density at radius 3 is 2.46 bits per heavy atom. The van der Waals surface area contributed by atoms with E-state index in [9.17, 15) is 8.42 Å². The fourth-order valence-corrected chi connectivity index (χ4v) is 4.45. The molecule has 0 aliphatic carbocycles. The van der Waals surface area contributed by atoms with Gasteiger partial charge in [-0.1, -0.05) is 30.3 Å². The van der Waals surface area contributed by atoms with Crippen molar-refractivity contribution in [1.82, 2.24) is 14.5 Å². The second-order valence-electron chi connectivity index (χ2n) is 7.18. The van der Waals surface area contributed by atoms with Crippen LogP contribution in [-0.4, -0.2) is 81.8 Å². The number of rotatable bonds is 9. The molecule has 0 unspecified atom stereocenters. The highest BCUT2D eigenvalue weighted by Gasteiger charge is 2.27. The SMILES string of the molecule is CN=C(NCCCc1ccccc1)N1CCN(S(=O)(=O)CCOC(C)C)CC1. The first-order valence-electron chi connectivity index (χ1n) is 10.0. The fraction of sp³-hybridized carbons (Fsp3) is 0.650. The van der Waals surface area contributed by atoms with Crippen molar-refractivity contribution in [2.24, 2.45) is 4.99 Å². The summed E-state index contributed by atoms with van der Waals surface area (Å²) in [5.74, 6) is 0.880. The summed E-state index contributed by atoms with van der Waals surface area (Å²) in [5, 5.41) is 3.40. The molecule has 1 aromatic rings. The summed E-state index contributed by atoms with van der Waals surface area (Å²) in [7, 11) is -1.50. The van der Waals surface area contributed by atoms with Gasteiger partial charge in [-0.3, -0.25) is 4.99 Å². The molecule has 0 amide bonds. The van der Waals surface area contributed by atoms with Crippen LogP contribution in [0.3, 0.4) is 0 Å². The Labute approximate surface area is 169 Å². The number of nitrogens with one attached hydrogen (secondary N) is 1. The van der Waals surface area contributed by atoms with Gasteiger partial charge in [-0.2, -0.15) is 4.31 Å². The molecule has 28 heavy (non-hydrogen) atoms. The van der Waals surface area contributed by atoms with Gasteiger partial charge >= 0.3 is 0 Å². The van der Waals surface area contributed by atoms with Crippen LogP contribution in [0.15, 0.2) is 35.3 Å². The second-order valence-corrected chi connectivity index (χ2v) is 9.27. The third kappa shape index (κ3) is 7.41. The van der Waals surface area contributed by atoms with Gasteiger partial charge < -0.3 is 15.0 Å². The van der Waals surface area contributed by atoms with E-state index in [0.717, 1.165) is 25.3 Å². The minimum Gasteiger partial charge on any atom is -0.378 e. The molecule has 1 saturated heterocycles. The van der Waals surface area contributed by atoms with Gasteiger partial charge in [-0.05, 0) is 32.3 Å². The third-order valence-electron chi connectivity index (χ3n) is 4.70. The number of piperazine rings is 1. The number of hydrogen-bond acceptors (Lipinski definition) is 4. The number of sulfonamides is 1. The number of hydrogen-bond donors (Lipinski definition) is 1. The van der Waals surface area contributed by atoms with Crippen LogP contribution in [-0.2, 0) is 21.2 Å². The lowest BCUT2D eigenvalue weighted by atomic mass is 10.1. The van der Waals surface area contributed by atoms with Crippen LogP contribution in [0.1, 0.15) is 25.8 Å². The summed E-state index contributed by atoms with van der Waals surface area (Å²) >= 11 is 0. The first kappa shape index (κ1) is 22.6. The molecular formula is C20H34N4O3S. The highest BCUT2D eigenvalue weighted by molar-refractivity contribution is 7.89. The van der Waals surface area contributed by atoms with E-state index in [1.54, 1.807) is 11.4 Å². The molecule has 8 heteroatoms. The van der Waals surface area contributed by atoms with E-state index in [1.807, 2.05) is 19.9 Å². The van der Waals surface area contributed by atoms with E-state index >= 15 is 0 Å². The van der Waals surface area contributed by atoms with E-state index in [0.29, 0.717) is 26.2 Å². The first-order valence-corrected chi connectivity index (χ1v) is 11.6. The van der Waals surface area contributed by atoms with E-state index in [1.165, 1.54) is 5.56 Å². The number of aryl methyl sites for hydroxylation is 1. The minimum absolute atomic E-state index is 0.0393. The zero-order chi connectivity index (χ0) is 20.4. The lowest BCUT2D eigenvalue weighted by Gasteiger charge is -2.35. The Morgan fingerprint density at radius 1 is 1.18 bits per heavy atom. The van der Waals surface area contributed by atoms with Gasteiger partial charge in [-0.25, -0.2) is 8.42 Å². The van der Waals surface area contributed by atoms with Crippen LogP contribution < -0.4 is 5.32 Å². The van der Waals surface area contributed by atoms with Crippen LogP contribution >= 0.6 is 0 Å². The molecule has 1 heterocycles. The molecule has 0 bridgehead atoms. The van der Waals surface area contributed by atoms with Gasteiger partial charge in [0.05, 0.1) is 18.5 Å². The summed E-state index contributed by atoms with van der Waals surface area (Å²) in [6, 6.07) is 10.4. The Morgan fingerprint density at radius 2 is 1.86 bits per heavy atom. The Balaban J connectivity index is 1.72. The molecule has 7 nitrogen and oxygen atoms in total. The summed E-state index contributed by atoms with van der Waals surface area (Å²) in [6.45, 7) is 7.14. The van der Waals surface area contributed by atoms with Gasteiger partial charge in [-0.15, -0.1) is 0 Å². The van der Waals surface area contributed by atoms with Gasteiger partial charge in [0, 0.05) is 39.8 Å². The highest BCUT2D eigenvalue weighted by atomic mass is 32.2. The van der Waals surface area contributed by atoms with Gasteiger partial charge in [0.25, 0.3) is 0 Å². The summed E-state index contributed by atoms with van der Waals surface area (Å²) in [6.07, 6.45) is 2.09. The zero-order valence-electron chi connectivity index (χ0n) is 17.3. The number of ether oxygens (including phenoxy) is 1. The van der Waals surface area contributed by atoms with E-state index in [2.05, 4.69) is 39.5 Å². The normalized spacial score (nSPS) is 16.6. The van der Waals surface area contributed by atoms with Crippen molar-refractivity contribution in [3.63, 3.8) is 0 Å². The van der Waals surface area contributed by atoms with Crippen LogP contribution in [0.25, 0.3) is 0 Å². The van der Waals surface area contributed by atoms with Crippen LogP contribution in [0.4, 0.5) is 0 Å². The smallest absolute Gasteiger partial charge is 0.216 e. The molecule has 0 saturated carbocycles. The number of benzene rings is 1. The average Bonchev–Trinajstić information content (AvgIpc) is 2.68. The van der Waals surface area contributed by atoms with Gasteiger partial charge in [0.2, 0.25) is 10.0 Å². The molecule has 1 N–H and O–H groups in total. The standard InChI is InChI=1S/C20H34N4O3S/c1-18(2)27-16-17-28(25,26)24-14-12-23(13-15-24)20(21-3)22-11-7-10-19-8-5-4-6-9-19/h4-6,8-9,18H,7,10-17H2,1-3H3,(H,21,22). The monoisotopic (exact) mass is 410 g/mol. The fourth-order valence-electron chi connectivity index (χ4n) is 3.17. The maximum absolute atomic E-state index is 12.4. The minimum atomic E-state index is -3.27. The van der Waals surface area contributed by atoms with Crippen LogP contribution in [0.5, 0.6) is 0 Å². The molecule has 158 valence electrons. The quantitative estimate of drug-likeness (QED) is 0.380. The Bertz CT molecular complexity index is 699. The summed E-state index contributed by atoms with van der Waals surface area (Å²) in [4.78, 5) is 6.48. The Kier molecular flexibility index (Phi) is 9.21. The molecule has 1 aromatic carbocycles. The molecule has 0 radical (unpaired) electrons. The lowest BCUT2D eigenvalue weighted by molar-refractivity contribution is 0.0904. The largest absolute Gasteiger partial charge is 0.378 e. The number of aliphatic imine (C=N–C) groups is 1. The maximum atomic E-state index is 12.4. The first-order chi connectivity index (χ1) is 13.4. The average molecular weight is 411 g/mol. The zero-order valence-corrected chi connectivity index (χ0v) is 18.1. The number of nitrogens with zero attached hydrogens (tertiary/aromatic N) is 3. The molecular weight excluding hydrogens is 376 g/mol. The van der Waals surface area contributed by atoms with Crippen molar-refractivity contribution >= 4 is 16.0 Å². The summed E-state index contributed by atoms with van der Waals surface area (Å²) in [5.41, 5.74) is 1.33.